The Morgan fingerprint density at radius 1 is 1.26 bits per heavy atom. The zero-order valence-electron chi connectivity index (χ0n) is 11.9. The van der Waals surface area contributed by atoms with Crippen LogP contribution in [0.1, 0.15) is 39.2 Å². The zero-order valence-corrected chi connectivity index (χ0v) is 12.7. The summed E-state index contributed by atoms with van der Waals surface area (Å²) < 4.78 is 0. The van der Waals surface area contributed by atoms with E-state index in [1.165, 1.54) is 12.8 Å². The lowest BCUT2D eigenvalue weighted by atomic mass is 9.75. The van der Waals surface area contributed by atoms with Gasteiger partial charge in [0.25, 0.3) is 0 Å². The lowest BCUT2D eigenvalue weighted by Crippen LogP contribution is -2.38. The van der Waals surface area contributed by atoms with Crippen molar-refractivity contribution in [2.45, 2.75) is 33.6 Å². The molecule has 0 aliphatic carbocycles. The maximum atomic E-state index is 9.22. The molecule has 1 aromatic carbocycles. The van der Waals surface area contributed by atoms with Gasteiger partial charge in [0.2, 0.25) is 0 Å². The third-order valence-electron chi connectivity index (χ3n) is 4.14. The summed E-state index contributed by atoms with van der Waals surface area (Å²) in [6.45, 7) is 9.00. The Kier molecular flexibility index (Phi) is 4.06. The quantitative estimate of drug-likeness (QED) is 0.756. The molecule has 19 heavy (non-hydrogen) atoms. The first kappa shape index (κ1) is 14.2. The van der Waals surface area contributed by atoms with Gasteiger partial charge in [0, 0.05) is 18.1 Å². The Labute approximate surface area is 121 Å². The summed E-state index contributed by atoms with van der Waals surface area (Å²) >= 11 is 5.95. The van der Waals surface area contributed by atoms with Crippen molar-refractivity contribution in [3.63, 3.8) is 0 Å². The molecule has 1 heterocycles. The standard InChI is InChI=1S/C16H21ClN2/c1-16(2,3)13-6-8-19(9-7-13)15-5-4-14(17)10-12(15)11-18/h4-5,10,13H,6-9H2,1-3H3. The van der Waals surface area contributed by atoms with Gasteiger partial charge in [-0.2, -0.15) is 5.26 Å². The molecule has 0 radical (unpaired) electrons. The van der Waals surface area contributed by atoms with Crippen LogP contribution in [0.4, 0.5) is 5.69 Å². The van der Waals surface area contributed by atoms with Crippen molar-refractivity contribution in [2.75, 3.05) is 18.0 Å². The predicted molar refractivity (Wildman–Crippen MR) is 80.6 cm³/mol. The molecular formula is C16H21ClN2. The van der Waals surface area contributed by atoms with Crippen LogP contribution < -0.4 is 4.90 Å². The summed E-state index contributed by atoms with van der Waals surface area (Å²) in [5.74, 6) is 0.765. The molecule has 0 unspecified atom stereocenters. The lowest BCUT2D eigenvalue weighted by Gasteiger charge is -2.40. The summed E-state index contributed by atoms with van der Waals surface area (Å²) in [7, 11) is 0. The third-order valence-corrected chi connectivity index (χ3v) is 4.37. The fraction of sp³-hybridized carbons (Fsp3) is 0.562. The topological polar surface area (TPSA) is 27.0 Å². The van der Waals surface area contributed by atoms with Crippen LogP contribution in [0.2, 0.25) is 5.02 Å². The minimum Gasteiger partial charge on any atom is -0.370 e. The molecule has 1 aliphatic heterocycles. The van der Waals surface area contributed by atoms with Crippen molar-refractivity contribution < 1.29 is 0 Å². The lowest BCUT2D eigenvalue weighted by molar-refractivity contribution is 0.199. The van der Waals surface area contributed by atoms with Crippen molar-refractivity contribution in [3.05, 3.63) is 28.8 Å². The molecule has 1 aliphatic rings. The van der Waals surface area contributed by atoms with Crippen LogP contribution in [0.5, 0.6) is 0 Å². The van der Waals surface area contributed by atoms with Gasteiger partial charge < -0.3 is 4.90 Å². The minimum absolute atomic E-state index is 0.379. The summed E-state index contributed by atoms with van der Waals surface area (Å²) in [6.07, 6.45) is 2.38. The van der Waals surface area contributed by atoms with E-state index in [2.05, 4.69) is 31.7 Å². The van der Waals surface area contributed by atoms with Crippen LogP contribution in [-0.2, 0) is 0 Å². The molecule has 1 aromatic rings. The van der Waals surface area contributed by atoms with Crippen LogP contribution in [0.3, 0.4) is 0 Å². The number of nitrogens with zero attached hydrogens (tertiary/aromatic N) is 2. The van der Waals surface area contributed by atoms with Gasteiger partial charge in [-0.3, -0.25) is 0 Å². The largest absolute Gasteiger partial charge is 0.370 e. The molecule has 2 rings (SSSR count). The second-order valence-corrected chi connectivity index (χ2v) is 6.84. The maximum Gasteiger partial charge on any atom is 0.101 e. The fourth-order valence-electron chi connectivity index (χ4n) is 2.86. The van der Waals surface area contributed by atoms with E-state index in [0.29, 0.717) is 16.0 Å². The highest BCUT2D eigenvalue weighted by Gasteiger charge is 2.29. The van der Waals surface area contributed by atoms with Crippen LogP contribution in [-0.4, -0.2) is 13.1 Å². The van der Waals surface area contributed by atoms with Gasteiger partial charge in [0.05, 0.1) is 11.3 Å². The molecule has 1 fully saturated rings. The zero-order chi connectivity index (χ0) is 14.0. The Morgan fingerprint density at radius 3 is 2.42 bits per heavy atom. The monoisotopic (exact) mass is 276 g/mol. The number of hydrogen-bond donors (Lipinski definition) is 0. The van der Waals surface area contributed by atoms with E-state index < -0.39 is 0 Å². The van der Waals surface area contributed by atoms with Gasteiger partial charge in [-0.05, 0) is 42.4 Å². The van der Waals surface area contributed by atoms with E-state index >= 15 is 0 Å². The first-order valence-electron chi connectivity index (χ1n) is 6.86. The van der Waals surface area contributed by atoms with Crippen LogP contribution in [0, 0.1) is 22.7 Å². The number of benzene rings is 1. The normalized spacial score (nSPS) is 17.3. The molecule has 102 valence electrons. The van der Waals surface area contributed by atoms with Gasteiger partial charge >= 0.3 is 0 Å². The van der Waals surface area contributed by atoms with Gasteiger partial charge in [-0.25, -0.2) is 0 Å². The molecule has 0 bridgehead atoms. The molecule has 3 heteroatoms. The minimum atomic E-state index is 0.379. The van der Waals surface area contributed by atoms with E-state index in [4.69, 9.17) is 11.6 Å². The smallest absolute Gasteiger partial charge is 0.101 e. The number of anilines is 1. The SMILES string of the molecule is CC(C)(C)C1CCN(c2ccc(Cl)cc2C#N)CC1. The van der Waals surface area contributed by atoms with Gasteiger partial charge in [0.1, 0.15) is 6.07 Å². The highest BCUT2D eigenvalue weighted by Crippen LogP contribution is 2.36. The van der Waals surface area contributed by atoms with Crippen LogP contribution >= 0.6 is 11.6 Å². The van der Waals surface area contributed by atoms with E-state index in [0.717, 1.165) is 24.7 Å². The van der Waals surface area contributed by atoms with Crippen molar-refractivity contribution in [3.8, 4) is 6.07 Å². The van der Waals surface area contributed by atoms with Crippen molar-refractivity contribution >= 4 is 17.3 Å². The molecule has 2 nitrogen and oxygen atoms in total. The Balaban J connectivity index is 2.12. The highest BCUT2D eigenvalue weighted by atomic mass is 35.5. The molecule has 0 N–H and O–H groups in total. The van der Waals surface area contributed by atoms with Gasteiger partial charge in [0.15, 0.2) is 0 Å². The predicted octanol–water partition coefficient (Wildman–Crippen LogP) is 4.47. The fourth-order valence-corrected chi connectivity index (χ4v) is 3.03. The number of hydrogen-bond acceptors (Lipinski definition) is 2. The van der Waals surface area contributed by atoms with Crippen molar-refractivity contribution in [1.82, 2.24) is 0 Å². The molecule has 0 aromatic heterocycles. The third kappa shape index (κ3) is 3.22. The summed E-state index contributed by atoms with van der Waals surface area (Å²) in [4.78, 5) is 2.32. The molecule has 1 saturated heterocycles. The number of rotatable bonds is 1. The molecular weight excluding hydrogens is 256 g/mol. The van der Waals surface area contributed by atoms with Crippen LogP contribution in [0.25, 0.3) is 0 Å². The van der Waals surface area contributed by atoms with Gasteiger partial charge in [-0.1, -0.05) is 32.4 Å². The van der Waals surface area contributed by atoms with E-state index in [9.17, 15) is 5.26 Å². The first-order valence-corrected chi connectivity index (χ1v) is 7.24. The number of piperidine rings is 1. The van der Waals surface area contributed by atoms with Gasteiger partial charge in [-0.15, -0.1) is 0 Å². The second kappa shape index (κ2) is 5.43. The van der Waals surface area contributed by atoms with Crippen LogP contribution in [0.15, 0.2) is 18.2 Å². The average Bonchev–Trinajstić information content (AvgIpc) is 2.37. The Bertz CT molecular complexity index is 488. The average molecular weight is 277 g/mol. The molecule has 0 spiro atoms. The Morgan fingerprint density at radius 2 is 1.89 bits per heavy atom. The van der Waals surface area contributed by atoms with Crippen molar-refractivity contribution in [1.29, 1.82) is 5.26 Å². The van der Waals surface area contributed by atoms with E-state index in [-0.39, 0.29) is 0 Å². The molecule has 0 saturated carbocycles. The maximum absolute atomic E-state index is 9.22. The number of nitriles is 1. The number of halogens is 1. The summed E-state index contributed by atoms with van der Waals surface area (Å²) in [6, 6.07) is 7.84. The van der Waals surface area contributed by atoms with Crippen molar-refractivity contribution in [2.24, 2.45) is 11.3 Å². The van der Waals surface area contributed by atoms with E-state index in [1.807, 2.05) is 12.1 Å². The molecule has 0 amide bonds. The first-order chi connectivity index (χ1) is 8.91. The Hall–Kier alpha value is -1.20. The highest BCUT2D eigenvalue weighted by molar-refractivity contribution is 6.30. The summed E-state index contributed by atoms with van der Waals surface area (Å²) in [5.41, 5.74) is 2.09. The summed E-state index contributed by atoms with van der Waals surface area (Å²) in [5, 5.41) is 9.85. The second-order valence-electron chi connectivity index (χ2n) is 6.40. The molecule has 0 atom stereocenters. The van der Waals surface area contributed by atoms with E-state index in [1.54, 1.807) is 6.07 Å².